The van der Waals surface area contributed by atoms with Gasteiger partial charge in [-0.15, -0.1) is 0 Å². The number of carbonyl (C=O) groups excluding carboxylic acids is 1. The van der Waals surface area contributed by atoms with Crippen LogP contribution in [0.2, 0.25) is 0 Å². The van der Waals surface area contributed by atoms with Crippen molar-refractivity contribution < 1.29 is 14.6 Å². The molecule has 1 aromatic rings. The Labute approximate surface area is 113 Å². The SMILES string of the molecule is COC(=O)c1cc(CNC2CCCCC2CO)c[nH]1. The minimum atomic E-state index is -0.350. The number of hydrogen-bond acceptors (Lipinski definition) is 4. The van der Waals surface area contributed by atoms with Crippen LogP contribution in [0.4, 0.5) is 0 Å². The Hall–Kier alpha value is -1.33. The second-order valence-corrected chi connectivity index (χ2v) is 5.13. The lowest BCUT2D eigenvalue weighted by Crippen LogP contribution is -2.39. The molecule has 2 rings (SSSR count). The smallest absolute Gasteiger partial charge is 0.354 e. The minimum Gasteiger partial charge on any atom is -0.464 e. The molecule has 1 aromatic heterocycles. The number of ether oxygens (including phenoxy) is 1. The van der Waals surface area contributed by atoms with E-state index in [-0.39, 0.29) is 12.6 Å². The van der Waals surface area contributed by atoms with Gasteiger partial charge in [0.2, 0.25) is 0 Å². The molecule has 1 aliphatic rings. The highest BCUT2D eigenvalue weighted by molar-refractivity contribution is 5.87. The van der Waals surface area contributed by atoms with Crippen molar-refractivity contribution in [1.82, 2.24) is 10.3 Å². The van der Waals surface area contributed by atoms with Gasteiger partial charge in [-0.3, -0.25) is 0 Å². The van der Waals surface area contributed by atoms with E-state index in [9.17, 15) is 9.90 Å². The zero-order valence-corrected chi connectivity index (χ0v) is 11.3. The van der Waals surface area contributed by atoms with Crippen molar-refractivity contribution in [2.75, 3.05) is 13.7 Å². The first-order valence-electron chi connectivity index (χ1n) is 6.84. The molecule has 0 spiro atoms. The molecule has 106 valence electrons. The van der Waals surface area contributed by atoms with Gasteiger partial charge in [-0.1, -0.05) is 12.8 Å². The van der Waals surface area contributed by atoms with Gasteiger partial charge in [0.05, 0.1) is 7.11 Å². The van der Waals surface area contributed by atoms with E-state index in [0.29, 0.717) is 24.2 Å². The zero-order valence-electron chi connectivity index (χ0n) is 11.3. The lowest BCUT2D eigenvalue weighted by Gasteiger charge is -2.30. The largest absolute Gasteiger partial charge is 0.464 e. The average molecular weight is 266 g/mol. The summed E-state index contributed by atoms with van der Waals surface area (Å²) in [5.41, 5.74) is 1.50. The molecule has 0 saturated heterocycles. The molecule has 1 fully saturated rings. The van der Waals surface area contributed by atoms with Gasteiger partial charge in [0.25, 0.3) is 0 Å². The lowest BCUT2D eigenvalue weighted by molar-refractivity contribution is 0.0595. The fourth-order valence-corrected chi connectivity index (χ4v) is 2.71. The summed E-state index contributed by atoms with van der Waals surface area (Å²) in [6.07, 6.45) is 6.44. The number of carbonyl (C=O) groups is 1. The van der Waals surface area contributed by atoms with Gasteiger partial charge in [0, 0.05) is 25.4 Å². The van der Waals surface area contributed by atoms with Gasteiger partial charge in [-0.2, -0.15) is 0 Å². The van der Waals surface area contributed by atoms with Gasteiger partial charge in [-0.25, -0.2) is 4.79 Å². The maximum absolute atomic E-state index is 11.3. The molecule has 19 heavy (non-hydrogen) atoms. The molecule has 5 nitrogen and oxygen atoms in total. The van der Waals surface area contributed by atoms with Crippen molar-refractivity contribution in [3.05, 3.63) is 23.5 Å². The van der Waals surface area contributed by atoms with Gasteiger partial charge < -0.3 is 20.1 Å². The zero-order chi connectivity index (χ0) is 13.7. The summed E-state index contributed by atoms with van der Waals surface area (Å²) in [6.45, 7) is 0.951. The van der Waals surface area contributed by atoms with E-state index in [1.54, 1.807) is 6.07 Å². The van der Waals surface area contributed by atoms with Crippen LogP contribution in [0, 0.1) is 5.92 Å². The molecule has 0 aliphatic heterocycles. The van der Waals surface area contributed by atoms with Gasteiger partial charge in [-0.05, 0) is 30.4 Å². The summed E-state index contributed by atoms with van der Waals surface area (Å²) in [6, 6.07) is 2.17. The van der Waals surface area contributed by atoms with Crippen molar-refractivity contribution in [2.45, 2.75) is 38.3 Å². The van der Waals surface area contributed by atoms with E-state index in [1.807, 2.05) is 6.20 Å². The number of aromatic nitrogens is 1. The predicted molar refractivity (Wildman–Crippen MR) is 71.8 cm³/mol. The van der Waals surface area contributed by atoms with Crippen LogP contribution in [0.25, 0.3) is 0 Å². The number of aliphatic hydroxyl groups excluding tert-OH is 1. The molecular weight excluding hydrogens is 244 g/mol. The van der Waals surface area contributed by atoms with Crippen molar-refractivity contribution in [3.63, 3.8) is 0 Å². The van der Waals surface area contributed by atoms with Crippen LogP contribution in [-0.4, -0.2) is 35.8 Å². The van der Waals surface area contributed by atoms with E-state index in [4.69, 9.17) is 0 Å². The topological polar surface area (TPSA) is 74.3 Å². The first kappa shape index (κ1) is 14.1. The molecule has 1 saturated carbocycles. The van der Waals surface area contributed by atoms with E-state index in [0.717, 1.165) is 18.4 Å². The van der Waals surface area contributed by atoms with Gasteiger partial charge in [0.1, 0.15) is 5.69 Å². The number of H-pyrrole nitrogens is 1. The molecular formula is C14H22N2O3. The van der Waals surface area contributed by atoms with Crippen LogP contribution in [0.1, 0.15) is 41.7 Å². The van der Waals surface area contributed by atoms with Gasteiger partial charge in [0.15, 0.2) is 0 Å². The first-order valence-corrected chi connectivity index (χ1v) is 6.84. The predicted octanol–water partition coefficient (Wildman–Crippen LogP) is 1.44. The van der Waals surface area contributed by atoms with Crippen molar-refractivity contribution in [2.24, 2.45) is 5.92 Å². The van der Waals surface area contributed by atoms with E-state index in [1.165, 1.54) is 20.0 Å². The molecule has 0 bridgehead atoms. The fourth-order valence-electron chi connectivity index (χ4n) is 2.71. The van der Waals surface area contributed by atoms with Crippen LogP contribution in [0.5, 0.6) is 0 Å². The minimum absolute atomic E-state index is 0.248. The molecule has 0 radical (unpaired) electrons. The van der Waals surface area contributed by atoms with E-state index >= 15 is 0 Å². The standard InChI is InChI=1S/C14H22N2O3/c1-19-14(18)13-6-10(8-16-13)7-15-12-5-3-2-4-11(12)9-17/h6,8,11-12,15-17H,2-5,7,9H2,1H3. The third-order valence-corrected chi connectivity index (χ3v) is 3.86. The molecule has 1 aliphatic carbocycles. The summed E-state index contributed by atoms with van der Waals surface area (Å²) < 4.78 is 4.65. The number of hydrogen-bond donors (Lipinski definition) is 3. The molecule has 2 unspecified atom stereocenters. The highest BCUT2D eigenvalue weighted by Gasteiger charge is 2.23. The third kappa shape index (κ3) is 3.58. The van der Waals surface area contributed by atoms with E-state index < -0.39 is 0 Å². The van der Waals surface area contributed by atoms with Gasteiger partial charge >= 0.3 is 5.97 Å². The van der Waals surface area contributed by atoms with Crippen molar-refractivity contribution >= 4 is 5.97 Å². The highest BCUT2D eigenvalue weighted by Crippen LogP contribution is 2.24. The van der Waals surface area contributed by atoms with E-state index in [2.05, 4.69) is 15.0 Å². The molecule has 3 N–H and O–H groups in total. The van der Waals surface area contributed by atoms with Crippen LogP contribution in [0.3, 0.4) is 0 Å². The Bertz CT molecular complexity index is 417. The Morgan fingerprint density at radius 3 is 3.05 bits per heavy atom. The second kappa shape index (κ2) is 6.73. The maximum Gasteiger partial charge on any atom is 0.354 e. The Balaban J connectivity index is 1.87. The lowest BCUT2D eigenvalue weighted by atomic mass is 9.85. The molecule has 0 aromatic carbocycles. The second-order valence-electron chi connectivity index (χ2n) is 5.13. The molecule has 2 atom stereocenters. The van der Waals surface area contributed by atoms with Crippen LogP contribution < -0.4 is 5.32 Å². The quantitative estimate of drug-likeness (QED) is 0.705. The fraction of sp³-hybridized carbons (Fsp3) is 0.643. The monoisotopic (exact) mass is 266 g/mol. The number of rotatable bonds is 5. The normalized spacial score (nSPS) is 23.3. The maximum atomic E-state index is 11.3. The first-order chi connectivity index (χ1) is 9.24. The van der Waals surface area contributed by atoms with Crippen LogP contribution in [0.15, 0.2) is 12.3 Å². The van der Waals surface area contributed by atoms with Crippen molar-refractivity contribution in [3.8, 4) is 0 Å². The molecule has 1 heterocycles. The Morgan fingerprint density at radius 1 is 1.53 bits per heavy atom. The Kier molecular flexibility index (Phi) is 4.99. The van der Waals surface area contributed by atoms with Crippen LogP contribution in [-0.2, 0) is 11.3 Å². The number of nitrogens with one attached hydrogen (secondary N) is 2. The molecule has 5 heteroatoms. The number of esters is 1. The summed E-state index contributed by atoms with van der Waals surface area (Å²) in [5.74, 6) is 0.00456. The summed E-state index contributed by atoms with van der Waals surface area (Å²) in [5, 5.41) is 12.8. The highest BCUT2D eigenvalue weighted by atomic mass is 16.5. The number of aromatic amines is 1. The summed E-state index contributed by atoms with van der Waals surface area (Å²) >= 11 is 0. The number of aliphatic hydroxyl groups is 1. The summed E-state index contributed by atoms with van der Waals surface area (Å²) in [4.78, 5) is 14.2. The third-order valence-electron chi connectivity index (χ3n) is 3.86. The summed E-state index contributed by atoms with van der Waals surface area (Å²) in [7, 11) is 1.37. The number of methoxy groups -OCH3 is 1. The Morgan fingerprint density at radius 2 is 2.32 bits per heavy atom. The van der Waals surface area contributed by atoms with Crippen LogP contribution >= 0.6 is 0 Å². The average Bonchev–Trinajstić information content (AvgIpc) is 2.93. The molecule has 0 amide bonds. The van der Waals surface area contributed by atoms with Crippen molar-refractivity contribution in [1.29, 1.82) is 0 Å².